The van der Waals surface area contributed by atoms with Crippen LogP contribution in [0.4, 0.5) is 5.82 Å². The van der Waals surface area contributed by atoms with E-state index in [9.17, 15) is 4.79 Å². The van der Waals surface area contributed by atoms with Crippen molar-refractivity contribution in [2.75, 3.05) is 38.1 Å². The second-order valence-corrected chi connectivity index (χ2v) is 12.4. The minimum absolute atomic E-state index is 0.0184. The lowest BCUT2D eigenvalue weighted by Gasteiger charge is -2.37. The normalized spacial score (nSPS) is 29.6. The molecule has 4 heterocycles. The minimum Gasteiger partial charge on any atom is -0.459 e. The third-order valence-electron chi connectivity index (χ3n) is 9.95. The molecule has 1 N–H and O–H groups in total. The summed E-state index contributed by atoms with van der Waals surface area (Å²) in [7, 11) is 2.17. The second kappa shape index (κ2) is 9.30. The van der Waals surface area contributed by atoms with Crippen molar-refractivity contribution in [3.05, 3.63) is 17.3 Å². The molecule has 0 amide bonds. The van der Waals surface area contributed by atoms with Crippen LogP contribution in [-0.4, -0.2) is 76.7 Å². The number of ketones is 1. The molecule has 2 saturated heterocycles. The van der Waals surface area contributed by atoms with E-state index in [-0.39, 0.29) is 11.6 Å². The number of fused-ring (bicyclic) bond motifs is 2. The molecule has 0 unspecified atom stereocenters. The number of hydrogen-bond donors (Lipinski definition) is 1. The Morgan fingerprint density at radius 1 is 1.11 bits per heavy atom. The quantitative estimate of drug-likeness (QED) is 0.634. The van der Waals surface area contributed by atoms with Gasteiger partial charge in [0.05, 0.1) is 5.41 Å². The molecule has 3 atom stereocenters. The Balaban J connectivity index is 1.26. The highest BCUT2D eigenvalue weighted by Crippen LogP contribution is 2.47. The van der Waals surface area contributed by atoms with E-state index in [1.165, 1.54) is 19.3 Å². The molecule has 2 spiro atoms. The highest BCUT2D eigenvalue weighted by molar-refractivity contribution is 5.91. The molecule has 0 aromatic carbocycles. The van der Waals surface area contributed by atoms with Crippen LogP contribution in [0.5, 0.6) is 6.01 Å². The van der Waals surface area contributed by atoms with Gasteiger partial charge in [-0.3, -0.25) is 9.69 Å². The van der Waals surface area contributed by atoms with Gasteiger partial charge in [-0.1, -0.05) is 11.6 Å². The summed E-state index contributed by atoms with van der Waals surface area (Å²) in [6.07, 6.45) is 11.0. The van der Waals surface area contributed by atoms with Gasteiger partial charge in [0.1, 0.15) is 29.1 Å². The van der Waals surface area contributed by atoms with E-state index in [1.54, 1.807) is 0 Å². The molecule has 0 radical (unpaired) electrons. The third kappa shape index (κ3) is 4.13. The van der Waals surface area contributed by atoms with Crippen LogP contribution in [0.25, 0.3) is 11.5 Å². The first kappa shape index (κ1) is 24.5. The van der Waals surface area contributed by atoms with E-state index < -0.39 is 5.41 Å². The van der Waals surface area contributed by atoms with E-state index in [0.29, 0.717) is 30.0 Å². The van der Waals surface area contributed by atoms with Crippen LogP contribution in [0, 0.1) is 0 Å². The molecule has 2 aromatic rings. The zero-order valence-electron chi connectivity index (χ0n) is 22.8. The van der Waals surface area contributed by atoms with Crippen LogP contribution >= 0.6 is 0 Å². The van der Waals surface area contributed by atoms with Crippen molar-refractivity contribution in [1.82, 2.24) is 25.3 Å². The number of rotatable bonds is 5. The maximum Gasteiger partial charge on any atom is 0.319 e. The van der Waals surface area contributed by atoms with Crippen molar-refractivity contribution in [3.63, 3.8) is 0 Å². The zero-order valence-corrected chi connectivity index (χ0v) is 22.8. The smallest absolute Gasteiger partial charge is 0.319 e. The van der Waals surface area contributed by atoms with Gasteiger partial charge in [-0.15, -0.1) is 0 Å². The average Bonchev–Trinajstić information content (AvgIpc) is 3.30. The Kier molecular flexibility index (Phi) is 6.00. The predicted molar refractivity (Wildman–Crippen MR) is 144 cm³/mol. The maximum absolute atomic E-state index is 13.2. The summed E-state index contributed by atoms with van der Waals surface area (Å²) in [5.74, 6) is 1.91. The van der Waals surface area contributed by atoms with Gasteiger partial charge < -0.3 is 19.5 Å². The minimum atomic E-state index is -0.471. The molecule has 9 nitrogen and oxygen atoms in total. The zero-order chi connectivity index (χ0) is 25.9. The fourth-order valence-electron chi connectivity index (χ4n) is 7.57. The molecular weight excluding hydrogens is 480 g/mol. The molecule has 204 valence electrons. The van der Waals surface area contributed by atoms with Crippen molar-refractivity contribution in [1.29, 1.82) is 0 Å². The molecule has 0 bridgehead atoms. The Hall–Kier alpha value is -2.52. The summed E-state index contributed by atoms with van der Waals surface area (Å²) in [6, 6.07) is 2.80. The van der Waals surface area contributed by atoms with Crippen molar-refractivity contribution in [3.8, 4) is 17.5 Å². The molecule has 2 aliphatic heterocycles. The number of likely N-dealkylation sites (N-methyl/N-ethyl adjacent to an activating group) is 1. The van der Waals surface area contributed by atoms with Gasteiger partial charge >= 0.3 is 6.01 Å². The number of anilines is 1. The lowest BCUT2D eigenvalue weighted by atomic mass is 9.64. The summed E-state index contributed by atoms with van der Waals surface area (Å²) < 4.78 is 12.5. The first-order valence-electron chi connectivity index (χ1n) is 14.8. The van der Waals surface area contributed by atoms with Gasteiger partial charge in [0.2, 0.25) is 0 Å². The van der Waals surface area contributed by atoms with Crippen LogP contribution in [0.15, 0.2) is 10.6 Å². The number of carbonyl (C=O) groups excluding carboxylic acids is 1. The third-order valence-corrected chi connectivity index (χ3v) is 9.95. The van der Waals surface area contributed by atoms with E-state index in [0.717, 1.165) is 93.9 Å². The molecule has 2 saturated carbocycles. The first-order chi connectivity index (χ1) is 18.5. The molecule has 5 aliphatic rings. The number of nitrogens with one attached hydrogen (secondary N) is 1. The Bertz CT molecular complexity index is 1220. The number of carbonyl (C=O) groups is 1. The van der Waals surface area contributed by atoms with E-state index in [2.05, 4.69) is 34.2 Å². The molecular formula is C29H40N6O3. The summed E-state index contributed by atoms with van der Waals surface area (Å²) in [6.45, 7) is 6.00. The van der Waals surface area contributed by atoms with Gasteiger partial charge in [-0.2, -0.15) is 9.97 Å². The number of aromatic nitrogens is 3. The standard InChI is InChI=1S/C29H40N6O3/c1-19(22-8-6-15-34(22)2)37-27-31-21(17-24(32-27)35-16-14-30-28(18-35)12-13-28)25-20-7-5-11-29(26(20)33-38-25)10-4-3-9-23(29)36/h17,19,22,30H,3-16,18H2,1-2H3/t19-,22-,29+/m0/s1. The fourth-order valence-corrected chi connectivity index (χ4v) is 7.57. The molecule has 2 aromatic heterocycles. The van der Waals surface area contributed by atoms with Crippen LogP contribution in [0.1, 0.15) is 82.4 Å². The number of ether oxygens (including phenoxy) is 1. The van der Waals surface area contributed by atoms with E-state index in [1.807, 2.05) is 6.07 Å². The van der Waals surface area contributed by atoms with Crippen LogP contribution in [-0.2, 0) is 16.6 Å². The largest absolute Gasteiger partial charge is 0.459 e. The highest BCUT2D eigenvalue weighted by Gasteiger charge is 2.48. The monoisotopic (exact) mass is 520 g/mol. The molecule has 7 rings (SSSR count). The summed E-state index contributed by atoms with van der Waals surface area (Å²) >= 11 is 0. The van der Waals surface area contributed by atoms with Crippen molar-refractivity contribution >= 4 is 11.6 Å². The van der Waals surface area contributed by atoms with Crippen LogP contribution in [0.2, 0.25) is 0 Å². The number of Topliss-reactive ketones (excluding diaryl/α,β-unsaturated/α-hetero) is 1. The maximum atomic E-state index is 13.2. The Labute approximate surface area is 224 Å². The number of piperazine rings is 1. The summed E-state index contributed by atoms with van der Waals surface area (Å²) in [4.78, 5) is 27.8. The Morgan fingerprint density at radius 3 is 2.76 bits per heavy atom. The van der Waals surface area contributed by atoms with Gasteiger partial charge in [-0.05, 0) is 78.3 Å². The average molecular weight is 521 g/mol. The van der Waals surface area contributed by atoms with Crippen molar-refractivity contribution in [2.45, 2.75) is 101 Å². The van der Waals surface area contributed by atoms with Gasteiger partial charge in [0.15, 0.2) is 5.76 Å². The lowest BCUT2D eigenvalue weighted by molar-refractivity contribution is -0.127. The van der Waals surface area contributed by atoms with Gasteiger partial charge in [-0.25, -0.2) is 0 Å². The SMILES string of the molecule is C[C@H](Oc1nc(-c2onc3c2CCC[C@@]32CCCCC2=O)cc(N2CCNC3(CC3)C2)n1)[C@@H]1CCCN1C. The lowest BCUT2D eigenvalue weighted by Crippen LogP contribution is -2.52. The van der Waals surface area contributed by atoms with Gasteiger partial charge in [0.25, 0.3) is 0 Å². The number of hydrogen-bond acceptors (Lipinski definition) is 9. The van der Waals surface area contributed by atoms with E-state index in [4.69, 9.17) is 19.2 Å². The Morgan fingerprint density at radius 2 is 1.97 bits per heavy atom. The number of nitrogens with zero attached hydrogens (tertiary/aromatic N) is 5. The van der Waals surface area contributed by atoms with Crippen molar-refractivity contribution in [2.24, 2.45) is 0 Å². The predicted octanol–water partition coefficient (Wildman–Crippen LogP) is 3.65. The fraction of sp³-hybridized carbons (Fsp3) is 0.724. The van der Waals surface area contributed by atoms with Crippen LogP contribution in [0.3, 0.4) is 0 Å². The molecule has 3 aliphatic carbocycles. The topological polar surface area (TPSA) is 96.6 Å². The number of likely N-dealkylation sites (tertiary alicyclic amines) is 1. The van der Waals surface area contributed by atoms with E-state index >= 15 is 0 Å². The summed E-state index contributed by atoms with van der Waals surface area (Å²) in [5.41, 5.74) is 2.40. The van der Waals surface area contributed by atoms with Crippen LogP contribution < -0.4 is 15.0 Å². The highest BCUT2D eigenvalue weighted by atomic mass is 16.5. The van der Waals surface area contributed by atoms with Crippen molar-refractivity contribution < 1.29 is 14.1 Å². The first-order valence-corrected chi connectivity index (χ1v) is 14.8. The molecule has 38 heavy (non-hydrogen) atoms. The molecule has 9 heteroatoms. The van der Waals surface area contributed by atoms with Gasteiger partial charge in [0, 0.05) is 49.3 Å². The second-order valence-electron chi connectivity index (χ2n) is 12.4. The molecule has 4 fully saturated rings. The summed E-state index contributed by atoms with van der Waals surface area (Å²) in [5, 5.41) is 8.27.